The zero-order valence-corrected chi connectivity index (χ0v) is 23.8. The molecule has 0 bridgehead atoms. The second-order valence-corrected chi connectivity index (χ2v) is 12.8. The summed E-state index contributed by atoms with van der Waals surface area (Å²) in [5, 5.41) is 5.85. The van der Waals surface area contributed by atoms with Crippen molar-refractivity contribution in [3.63, 3.8) is 0 Å². The molecule has 1 fully saturated rings. The van der Waals surface area contributed by atoms with Gasteiger partial charge in [-0.3, -0.25) is 19.2 Å². The lowest BCUT2D eigenvalue weighted by Gasteiger charge is -2.34. The maximum atomic E-state index is 15.1. The van der Waals surface area contributed by atoms with E-state index in [-0.39, 0.29) is 40.7 Å². The van der Waals surface area contributed by atoms with Crippen molar-refractivity contribution < 1.29 is 43.9 Å². The number of nitrogens with zero attached hydrogens (tertiary/aromatic N) is 3. The highest BCUT2D eigenvalue weighted by molar-refractivity contribution is 9.10. The van der Waals surface area contributed by atoms with Crippen molar-refractivity contribution in [2.24, 2.45) is 5.92 Å². The first-order chi connectivity index (χ1) is 19.4. The number of aromatic nitrogens is 3. The molecule has 0 spiro atoms. The maximum Gasteiger partial charge on any atom is 0.435 e. The van der Waals surface area contributed by atoms with E-state index in [1.54, 1.807) is 0 Å². The highest BCUT2D eigenvalue weighted by atomic mass is 79.9. The third kappa shape index (κ3) is 5.85. The predicted octanol–water partition coefficient (Wildman–Crippen LogP) is 5.41. The average molecular weight is 684 g/mol. The Morgan fingerprint density at radius 2 is 1.83 bits per heavy atom. The lowest BCUT2D eigenvalue weighted by Crippen LogP contribution is -2.36. The van der Waals surface area contributed by atoms with E-state index in [0.717, 1.165) is 24.6 Å². The number of rotatable bonds is 8. The van der Waals surface area contributed by atoms with E-state index in [1.807, 2.05) is 0 Å². The topological polar surface area (TPSA) is 106 Å². The Morgan fingerprint density at radius 1 is 1.17 bits per heavy atom. The molecule has 226 valence electrons. The predicted molar refractivity (Wildman–Crippen MR) is 138 cm³/mol. The molecule has 2 aromatic heterocycles. The van der Waals surface area contributed by atoms with Gasteiger partial charge in [0.25, 0.3) is 5.92 Å². The second kappa shape index (κ2) is 10.5. The van der Waals surface area contributed by atoms with Crippen molar-refractivity contribution in [2.75, 3.05) is 11.0 Å². The Kier molecular flexibility index (Phi) is 7.56. The summed E-state index contributed by atoms with van der Waals surface area (Å²) >= 11 is 3.22. The van der Waals surface area contributed by atoms with Crippen LogP contribution < -0.4 is 10.0 Å². The number of sulfonamides is 1. The molecule has 2 aliphatic rings. The number of halogens is 8. The van der Waals surface area contributed by atoms with E-state index >= 15 is 8.78 Å². The SMILES string of the molecule is CS(=O)(=O)Nc1cnc(C(Cc2cc(F)cc(F)c2)NC(=O)Cn2nc(C(F)(F)F)c3c2C(F)(F)C2CCC32)c(Br)c1. The Labute approximate surface area is 242 Å². The quantitative estimate of drug-likeness (QED) is 0.309. The molecule has 2 heterocycles. The zero-order valence-electron chi connectivity index (χ0n) is 21.4. The molecule has 8 nitrogen and oxygen atoms in total. The van der Waals surface area contributed by atoms with Gasteiger partial charge in [-0.2, -0.15) is 27.1 Å². The van der Waals surface area contributed by atoms with Gasteiger partial charge < -0.3 is 5.32 Å². The summed E-state index contributed by atoms with van der Waals surface area (Å²) in [6, 6.07) is 2.72. The van der Waals surface area contributed by atoms with Crippen LogP contribution in [0.5, 0.6) is 0 Å². The van der Waals surface area contributed by atoms with Gasteiger partial charge in [0.05, 0.1) is 29.9 Å². The second-order valence-electron chi connectivity index (χ2n) is 10.2. The molecule has 42 heavy (non-hydrogen) atoms. The monoisotopic (exact) mass is 683 g/mol. The molecule has 2 N–H and O–H groups in total. The average Bonchev–Trinajstić information content (AvgIpc) is 3.21. The maximum absolute atomic E-state index is 15.1. The van der Waals surface area contributed by atoms with E-state index in [1.165, 1.54) is 6.07 Å². The number of pyridine rings is 1. The number of carbonyl (C=O) groups is 1. The van der Waals surface area contributed by atoms with Gasteiger partial charge in [-0.15, -0.1) is 0 Å². The lowest BCUT2D eigenvalue weighted by atomic mass is 9.73. The molecule has 0 saturated heterocycles. The van der Waals surface area contributed by atoms with Crippen molar-refractivity contribution in [3.8, 4) is 0 Å². The highest BCUT2D eigenvalue weighted by Crippen LogP contribution is 2.63. The van der Waals surface area contributed by atoms with Gasteiger partial charge in [0.15, 0.2) is 5.69 Å². The Morgan fingerprint density at radius 3 is 2.38 bits per heavy atom. The summed E-state index contributed by atoms with van der Waals surface area (Å²) in [6.45, 7) is -1.01. The summed E-state index contributed by atoms with van der Waals surface area (Å²) in [5.74, 6) is -8.82. The van der Waals surface area contributed by atoms with Gasteiger partial charge in [-0.1, -0.05) is 0 Å². The van der Waals surface area contributed by atoms with E-state index in [0.29, 0.717) is 10.7 Å². The minimum atomic E-state index is -5.02. The van der Waals surface area contributed by atoms with Gasteiger partial charge in [0.1, 0.15) is 23.9 Å². The summed E-state index contributed by atoms with van der Waals surface area (Å²) in [7, 11) is -3.68. The van der Waals surface area contributed by atoms with E-state index in [4.69, 9.17) is 0 Å². The van der Waals surface area contributed by atoms with Crippen molar-refractivity contribution in [1.82, 2.24) is 20.1 Å². The normalized spacial score (nSPS) is 19.9. The van der Waals surface area contributed by atoms with Crippen molar-refractivity contribution in [2.45, 2.75) is 49.9 Å². The molecular formula is C25H21BrF7N5O3S. The number of alkyl halides is 5. The van der Waals surface area contributed by atoms with Crippen LogP contribution in [0.15, 0.2) is 34.9 Å². The minimum absolute atomic E-state index is 0.0337. The van der Waals surface area contributed by atoms with Gasteiger partial charge >= 0.3 is 6.18 Å². The number of anilines is 1. The van der Waals surface area contributed by atoms with Crippen LogP contribution in [0.1, 0.15) is 53.0 Å². The Hall–Kier alpha value is -3.21. The molecule has 0 radical (unpaired) electrons. The van der Waals surface area contributed by atoms with Gasteiger partial charge in [-0.05, 0) is 64.9 Å². The standard InChI is InChI=1S/C25H21BrF7N5O3S/c1-42(40,41)37-14-8-17(26)21(34-9-14)18(6-11-4-12(27)7-13(28)5-11)35-19(39)10-38-23-20(22(36-38)25(31,32)33)15-2-3-16(15)24(23,29)30/h4-5,7-9,15-16,18,37H,2-3,6,10H2,1H3,(H,35,39). The number of hydrogen-bond acceptors (Lipinski definition) is 5. The van der Waals surface area contributed by atoms with Crippen LogP contribution in [-0.4, -0.2) is 35.3 Å². The van der Waals surface area contributed by atoms with Crippen molar-refractivity contribution >= 4 is 37.5 Å². The molecule has 1 saturated carbocycles. The molecule has 1 amide bonds. The number of benzene rings is 1. The lowest BCUT2D eigenvalue weighted by molar-refractivity contribution is -0.144. The number of carbonyl (C=O) groups excluding carboxylic acids is 1. The van der Waals surface area contributed by atoms with Gasteiger partial charge in [0.2, 0.25) is 15.9 Å². The molecule has 17 heteroatoms. The van der Waals surface area contributed by atoms with Crippen LogP contribution in [0.2, 0.25) is 0 Å². The number of fused-ring (bicyclic) bond motifs is 3. The molecule has 3 atom stereocenters. The summed E-state index contributed by atoms with van der Waals surface area (Å²) in [6.07, 6.45) is -3.11. The third-order valence-electron chi connectivity index (χ3n) is 7.18. The molecule has 5 rings (SSSR count). The molecular weight excluding hydrogens is 663 g/mol. The van der Waals surface area contributed by atoms with E-state index in [9.17, 15) is 35.2 Å². The zero-order chi connectivity index (χ0) is 30.8. The van der Waals surface area contributed by atoms with Crippen LogP contribution in [0, 0.1) is 17.6 Å². The number of amides is 1. The van der Waals surface area contributed by atoms with Crippen molar-refractivity contribution in [3.05, 3.63) is 74.8 Å². The Balaban J connectivity index is 1.48. The number of nitrogens with one attached hydrogen (secondary N) is 2. The van der Waals surface area contributed by atoms with Crippen molar-refractivity contribution in [1.29, 1.82) is 0 Å². The molecule has 0 aliphatic heterocycles. The minimum Gasteiger partial charge on any atom is -0.346 e. The highest BCUT2D eigenvalue weighted by Gasteiger charge is 2.63. The fraction of sp³-hybridized carbons (Fsp3) is 0.400. The molecule has 1 aromatic carbocycles. The van der Waals surface area contributed by atoms with Crippen LogP contribution in [0.25, 0.3) is 0 Å². The first kappa shape index (κ1) is 30.3. The van der Waals surface area contributed by atoms with Crippen LogP contribution in [0.3, 0.4) is 0 Å². The van der Waals surface area contributed by atoms with E-state index in [2.05, 4.69) is 36.1 Å². The fourth-order valence-corrected chi connectivity index (χ4v) is 6.65. The first-order valence-corrected chi connectivity index (χ1v) is 15.1. The first-order valence-electron chi connectivity index (χ1n) is 12.4. The molecule has 2 aliphatic carbocycles. The van der Waals surface area contributed by atoms with Gasteiger partial charge in [-0.25, -0.2) is 17.2 Å². The van der Waals surface area contributed by atoms with E-state index < -0.39 is 81.0 Å². The fourth-order valence-electron chi connectivity index (χ4n) is 5.49. The van der Waals surface area contributed by atoms with Crippen LogP contribution in [0.4, 0.5) is 36.4 Å². The summed E-state index contributed by atoms with van der Waals surface area (Å²) in [4.78, 5) is 17.3. The molecule has 3 aromatic rings. The third-order valence-corrected chi connectivity index (χ3v) is 8.42. The Bertz CT molecular complexity index is 1660. The summed E-state index contributed by atoms with van der Waals surface area (Å²) in [5.41, 5.74) is -2.84. The summed E-state index contributed by atoms with van der Waals surface area (Å²) < 4.78 is 125. The largest absolute Gasteiger partial charge is 0.435 e. The van der Waals surface area contributed by atoms with Gasteiger partial charge in [0, 0.05) is 22.0 Å². The van der Waals surface area contributed by atoms with Crippen LogP contribution in [-0.2, 0) is 39.9 Å². The number of hydrogen-bond donors (Lipinski definition) is 2. The van der Waals surface area contributed by atoms with Crippen LogP contribution >= 0.6 is 15.9 Å². The smallest absolute Gasteiger partial charge is 0.346 e. The molecule has 3 unspecified atom stereocenters.